The molecule has 0 unspecified atom stereocenters. The molecule has 5 nitrogen and oxygen atoms in total. The molecule has 1 aliphatic carbocycles. The quantitative estimate of drug-likeness (QED) is 0.132. The molecule has 0 saturated heterocycles. The summed E-state index contributed by atoms with van der Waals surface area (Å²) in [6, 6.07) is 36.0. The van der Waals surface area contributed by atoms with E-state index < -0.39 is 0 Å². The lowest BCUT2D eigenvalue weighted by molar-refractivity contribution is 0.0526. The molecule has 194 valence electrons. The molecule has 0 bridgehead atoms. The second-order valence-electron chi connectivity index (χ2n) is 9.43. The molecule has 6 rings (SSSR count). The standard InChI is InChI=1S/C35H25NO4/c1-2-40-35(39)25-17-19-27(20-18-25)36-31(23-11-5-3-6-12-23)22-26(32(36)24-13-7-4-8-14-24)21-30-33(37)28-15-9-10-16-29(28)34(30)38/h3-22H,2H2,1H3. The van der Waals surface area contributed by atoms with Gasteiger partial charge in [0.25, 0.3) is 0 Å². The van der Waals surface area contributed by atoms with Crippen molar-refractivity contribution in [1.29, 1.82) is 0 Å². The molecule has 0 amide bonds. The molecule has 5 aromatic rings. The number of Topliss-reactive ketones (excluding diaryl/α,β-unsaturated/α-hetero) is 2. The summed E-state index contributed by atoms with van der Waals surface area (Å²) in [5.41, 5.74) is 6.61. The van der Waals surface area contributed by atoms with Gasteiger partial charge in [0.1, 0.15) is 0 Å². The highest BCUT2D eigenvalue weighted by molar-refractivity contribution is 6.41. The molecule has 5 heteroatoms. The average Bonchev–Trinajstić information content (AvgIpc) is 3.50. The molecular formula is C35H25NO4. The minimum Gasteiger partial charge on any atom is -0.462 e. The van der Waals surface area contributed by atoms with Crippen LogP contribution in [0.3, 0.4) is 0 Å². The van der Waals surface area contributed by atoms with Gasteiger partial charge in [-0.3, -0.25) is 9.59 Å². The van der Waals surface area contributed by atoms with E-state index in [0.29, 0.717) is 23.3 Å². The van der Waals surface area contributed by atoms with Crippen LogP contribution >= 0.6 is 0 Å². The van der Waals surface area contributed by atoms with Crippen molar-refractivity contribution in [3.05, 3.63) is 143 Å². The lowest BCUT2D eigenvalue weighted by Gasteiger charge is -2.15. The number of hydrogen-bond acceptors (Lipinski definition) is 4. The first-order valence-electron chi connectivity index (χ1n) is 13.1. The maximum absolute atomic E-state index is 13.3. The van der Waals surface area contributed by atoms with Crippen LogP contribution in [0, 0.1) is 0 Å². The van der Waals surface area contributed by atoms with Gasteiger partial charge in [0.2, 0.25) is 0 Å². The summed E-state index contributed by atoms with van der Waals surface area (Å²) in [5.74, 6) is -0.920. The second-order valence-corrected chi connectivity index (χ2v) is 9.43. The molecule has 0 atom stereocenters. The summed E-state index contributed by atoms with van der Waals surface area (Å²) in [4.78, 5) is 38.9. The van der Waals surface area contributed by atoms with E-state index in [9.17, 15) is 14.4 Å². The number of ether oxygens (including phenoxy) is 1. The van der Waals surface area contributed by atoms with E-state index in [1.165, 1.54) is 0 Å². The zero-order valence-electron chi connectivity index (χ0n) is 21.8. The van der Waals surface area contributed by atoms with Gasteiger partial charge in [0.05, 0.1) is 29.1 Å². The fourth-order valence-electron chi connectivity index (χ4n) is 5.14. The normalized spacial score (nSPS) is 12.4. The number of fused-ring (bicyclic) bond motifs is 1. The molecule has 4 aromatic carbocycles. The first-order valence-corrected chi connectivity index (χ1v) is 13.1. The Balaban J connectivity index is 1.60. The molecule has 0 spiro atoms. The molecule has 1 aliphatic rings. The molecule has 0 fully saturated rings. The SMILES string of the molecule is CCOC(=O)c1ccc(-n2c(-c3ccccc3)cc(C=C3C(=O)c4ccccc4C3=O)c2-c2ccccc2)cc1. The predicted molar refractivity (Wildman–Crippen MR) is 156 cm³/mol. The minimum atomic E-state index is -0.378. The number of aromatic nitrogens is 1. The molecule has 1 heterocycles. The lowest BCUT2D eigenvalue weighted by atomic mass is 10.0. The molecule has 40 heavy (non-hydrogen) atoms. The summed E-state index contributed by atoms with van der Waals surface area (Å²) in [6.45, 7) is 2.08. The van der Waals surface area contributed by atoms with Crippen LogP contribution < -0.4 is 0 Å². The number of hydrogen-bond donors (Lipinski definition) is 0. The Kier molecular flexibility index (Phi) is 6.54. The van der Waals surface area contributed by atoms with Gasteiger partial charge >= 0.3 is 5.97 Å². The Hall–Kier alpha value is -5.29. The number of benzene rings is 4. The highest BCUT2D eigenvalue weighted by Crippen LogP contribution is 2.38. The fraction of sp³-hybridized carbons (Fsp3) is 0.0571. The van der Waals surface area contributed by atoms with Gasteiger partial charge < -0.3 is 9.30 Å². The Morgan fingerprint density at radius 2 is 1.27 bits per heavy atom. The number of esters is 1. The van der Waals surface area contributed by atoms with E-state index in [4.69, 9.17) is 4.74 Å². The van der Waals surface area contributed by atoms with Crippen LogP contribution in [0.4, 0.5) is 0 Å². The van der Waals surface area contributed by atoms with E-state index >= 15 is 0 Å². The smallest absolute Gasteiger partial charge is 0.338 e. The van der Waals surface area contributed by atoms with Crippen LogP contribution in [0.5, 0.6) is 0 Å². The van der Waals surface area contributed by atoms with E-state index in [-0.39, 0.29) is 23.1 Å². The molecule has 1 aromatic heterocycles. The molecule has 0 N–H and O–H groups in total. The maximum Gasteiger partial charge on any atom is 0.338 e. The summed E-state index contributed by atoms with van der Waals surface area (Å²) >= 11 is 0. The van der Waals surface area contributed by atoms with Crippen molar-refractivity contribution in [2.75, 3.05) is 6.61 Å². The van der Waals surface area contributed by atoms with E-state index in [1.54, 1.807) is 49.4 Å². The van der Waals surface area contributed by atoms with Crippen molar-refractivity contribution < 1.29 is 19.1 Å². The first-order chi connectivity index (χ1) is 19.6. The van der Waals surface area contributed by atoms with Gasteiger partial charge in [-0.05, 0) is 54.5 Å². The maximum atomic E-state index is 13.3. The third kappa shape index (κ3) is 4.37. The largest absolute Gasteiger partial charge is 0.462 e. The molecule has 0 saturated carbocycles. The summed E-state index contributed by atoms with van der Waals surface area (Å²) < 4.78 is 7.27. The topological polar surface area (TPSA) is 65.4 Å². The summed E-state index contributed by atoms with van der Waals surface area (Å²) in [7, 11) is 0. The number of ketones is 2. The number of allylic oxidation sites excluding steroid dienone is 1. The monoisotopic (exact) mass is 523 g/mol. The third-order valence-corrected chi connectivity index (χ3v) is 6.99. The highest BCUT2D eigenvalue weighted by atomic mass is 16.5. The van der Waals surface area contributed by atoms with Crippen molar-refractivity contribution in [3.63, 3.8) is 0 Å². The number of carbonyl (C=O) groups excluding carboxylic acids is 3. The van der Waals surface area contributed by atoms with Crippen LogP contribution in [-0.2, 0) is 4.74 Å². The lowest BCUT2D eigenvalue weighted by Crippen LogP contribution is -2.05. The predicted octanol–water partition coefficient (Wildman–Crippen LogP) is 7.45. The Morgan fingerprint density at radius 3 is 1.85 bits per heavy atom. The molecule has 0 aliphatic heterocycles. The van der Waals surface area contributed by atoms with Crippen molar-refractivity contribution in [1.82, 2.24) is 4.57 Å². The van der Waals surface area contributed by atoms with Crippen molar-refractivity contribution in [2.24, 2.45) is 0 Å². The van der Waals surface area contributed by atoms with Gasteiger partial charge in [0.15, 0.2) is 11.6 Å². The van der Waals surface area contributed by atoms with Crippen LogP contribution in [-0.4, -0.2) is 28.7 Å². The van der Waals surface area contributed by atoms with Gasteiger partial charge in [-0.2, -0.15) is 0 Å². The third-order valence-electron chi connectivity index (χ3n) is 6.99. The van der Waals surface area contributed by atoms with Gasteiger partial charge in [-0.15, -0.1) is 0 Å². The average molecular weight is 524 g/mol. The van der Waals surface area contributed by atoms with E-state index in [0.717, 1.165) is 33.8 Å². The Labute approximate surface area is 232 Å². The Morgan fingerprint density at radius 1 is 0.725 bits per heavy atom. The zero-order chi connectivity index (χ0) is 27.6. The Bertz CT molecular complexity index is 1740. The number of rotatable bonds is 6. The molecular weight excluding hydrogens is 498 g/mol. The van der Waals surface area contributed by atoms with Gasteiger partial charge in [0, 0.05) is 22.4 Å². The van der Waals surface area contributed by atoms with Crippen molar-refractivity contribution in [3.8, 4) is 28.2 Å². The van der Waals surface area contributed by atoms with Gasteiger partial charge in [-0.25, -0.2) is 4.79 Å². The van der Waals surface area contributed by atoms with Crippen molar-refractivity contribution in [2.45, 2.75) is 6.92 Å². The van der Waals surface area contributed by atoms with Crippen LogP contribution in [0.1, 0.15) is 43.6 Å². The van der Waals surface area contributed by atoms with E-state index in [2.05, 4.69) is 4.57 Å². The van der Waals surface area contributed by atoms with Crippen LogP contribution in [0.15, 0.2) is 121 Å². The zero-order valence-corrected chi connectivity index (χ0v) is 21.8. The minimum absolute atomic E-state index is 0.146. The highest BCUT2D eigenvalue weighted by Gasteiger charge is 2.33. The number of nitrogens with zero attached hydrogens (tertiary/aromatic N) is 1. The number of carbonyl (C=O) groups is 3. The van der Waals surface area contributed by atoms with Gasteiger partial charge in [-0.1, -0.05) is 84.9 Å². The first kappa shape index (κ1) is 25.0. The van der Waals surface area contributed by atoms with Crippen LogP contribution in [0.2, 0.25) is 0 Å². The molecule has 0 radical (unpaired) electrons. The van der Waals surface area contributed by atoms with Crippen LogP contribution in [0.25, 0.3) is 34.3 Å². The fourth-order valence-corrected chi connectivity index (χ4v) is 5.14. The van der Waals surface area contributed by atoms with Crippen molar-refractivity contribution >= 4 is 23.6 Å². The van der Waals surface area contributed by atoms with E-state index in [1.807, 2.05) is 78.9 Å². The summed E-state index contributed by atoms with van der Waals surface area (Å²) in [6.07, 6.45) is 1.71. The second kappa shape index (κ2) is 10.5. The summed E-state index contributed by atoms with van der Waals surface area (Å²) in [5, 5.41) is 0.